The van der Waals surface area contributed by atoms with Crippen molar-refractivity contribution in [3.8, 4) is 0 Å². The van der Waals surface area contributed by atoms with Gasteiger partial charge < -0.3 is 9.84 Å². The number of hydrogen-bond acceptors (Lipinski definition) is 3. The summed E-state index contributed by atoms with van der Waals surface area (Å²) in [6.45, 7) is 2.16. The molecule has 4 heteroatoms. The third kappa shape index (κ3) is 1.76. The molecule has 1 aromatic carbocycles. The average molecular weight is 281 g/mol. The Balaban J connectivity index is 2.03. The van der Waals surface area contributed by atoms with Gasteiger partial charge in [-0.1, -0.05) is 21.1 Å². The molecule has 0 aliphatic carbocycles. The molecule has 1 aromatic heterocycles. The number of rotatable bonds is 1. The summed E-state index contributed by atoms with van der Waals surface area (Å²) in [5.41, 5.74) is 2.01. The molecule has 0 atom stereocenters. The second kappa shape index (κ2) is 4.18. The van der Waals surface area contributed by atoms with Crippen molar-refractivity contribution in [1.29, 1.82) is 0 Å². The van der Waals surface area contributed by atoms with Gasteiger partial charge in [-0.2, -0.15) is 0 Å². The Morgan fingerprint density at radius 2 is 2.12 bits per heavy atom. The van der Waals surface area contributed by atoms with Gasteiger partial charge >= 0.3 is 0 Å². The molecule has 3 nitrogen and oxygen atoms in total. The lowest BCUT2D eigenvalue weighted by Gasteiger charge is -2.20. The first-order valence-electron chi connectivity index (χ1n) is 5.60. The lowest BCUT2D eigenvalue weighted by atomic mass is 9.93. The molecular weight excluding hydrogens is 268 g/mol. The van der Waals surface area contributed by atoms with Gasteiger partial charge in [0.2, 0.25) is 0 Å². The number of fused-ring (bicyclic) bond motifs is 1. The third-order valence-corrected chi connectivity index (χ3v) is 3.68. The summed E-state index contributed by atoms with van der Waals surface area (Å²) >= 11 is 3.44. The van der Waals surface area contributed by atoms with Crippen molar-refractivity contribution < 1.29 is 4.52 Å². The molecule has 3 rings (SSSR count). The number of benzene rings is 1. The molecule has 16 heavy (non-hydrogen) atoms. The van der Waals surface area contributed by atoms with Gasteiger partial charge in [0.05, 0.1) is 5.69 Å². The van der Waals surface area contributed by atoms with Crippen molar-refractivity contribution in [2.45, 2.75) is 18.8 Å². The highest BCUT2D eigenvalue weighted by Crippen LogP contribution is 2.31. The quantitative estimate of drug-likeness (QED) is 0.873. The molecule has 1 aliphatic heterocycles. The van der Waals surface area contributed by atoms with Gasteiger partial charge in [0.25, 0.3) is 0 Å². The minimum absolute atomic E-state index is 0.545. The number of nitrogens with one attached hydrogen (secondary N) is 1. The molecule has 1 N–H and O–H groups in total. The minimum Gasteiger partial charge on any atom is -0.356 e. The zero-order valence-electron chi connectivity index (χ0n) is 8.87. The molecule has 0 bridgehead atoms. The lowest BCUT2D eigenvalue weighted by molar-refractivity contribution is 0.404. The molecule has 1 saturated heterocycles. The first kappa shape index (κ1) is 10.3. The minimum atomic E-state index is 0.545. The molecule has 2 aromatic rings. The third-order valence-electron chi connectivity index (χ3n) is 3.19. The molecule has 0 saturated carbocycles. The van der Waals surface area contributed by atoms with Crippen molar-refractivity contribution in [2.75, 3.05) is 13.1 Å². The molecule has 1 aliphatic rings. The summed E-state index contributed by atoms with van der Waals surface area (Å²) < 4.78 is 6.42. The zero-order valence-corrected chi connectivity index (χ0v) is 10.5. The fourth-order valence-electron chi connectivity index (χ4n) is 2.32. The monoisotopic (exact) mass is 280 g/mol. The van der Waals surface area contributed by atoms with E-state index in [1.54, 1.807) is 0 Å². The van der Waals surface area contributed by atoms with Crippen LogP contribution in [0.4, 0.5) is 0 Å². The van der Waals surface area contributed by atoms with Crippen molar-refractivity contribution in [3.63, 3.8) is 0 Å². The second-order valence-corrected chi connectivity index (χ2v) is 5.15. The van der Waals surface area contributed by atoms with Crippen LogP contribution in [-0.4, -0.2) is 18.2 Å². The Bertz CT molecular complexity index is 503. The van der Waals surface area contributed by atoms with Gasteiger partial charge in [-0.3, -0.25) is 0 Å². The highest BCUT2D eigenvalue weighted by molar-refractivity contribution is 9.10. The van der Waals surface area contributed by atoms with E-state index in [1.807, 2.05) is 12.1 Å². The standard InChI is InChI=1S/C12H13BrN2O/c13-9-1-2-10-11(7-9)16-15-12(10)8-3-5-14-6-4-8/h1-2,7-8,14H,3-6H2. The highest BCUT2D eigenvalue weighted by Gasteiger charge is 2.21. The van der Waals surface area contributed by atoms with Crippen LogP contribution in [0.15, 0.2) is 27.2 Å². The Morgan fingerprint density at radius 1 is 1.31 bits per heavy atom. The van der Waals surface area contributed by atoms with Crippen molar-refractivity contribution in [2.24, 2.45) is 0 Å². The van der Waals surface area contributed by atoms with Crippen LogP contribution in [-0.2, 0) is 0 Å². The summed E-state index contributed by atoms with van der Waals surface area (Å²) in [6, 6.07) is 6.12. The van der Waals surface area contributed by atoms with Gasteiger partial charge in [0.1, 0.15) is 0 Å². The predicted octanol–water partition coefficient (Wildman–Crippen LogP) is 3.06. The van der Waals surface area contributed by atoms with E-state index in [1.165, 1.54) is 0 Å². The predicted molar refractivity (Wildman–Crippen MR) is 66.6 cm³/mol. The largest absolute Gasteiger partial charge is 0.356 e. The molecule has 0 radical (unpaired) electrons. The van der Waals surface area contributed by atoms with Crippen LogP contribution in [0, 0.1) is 0 Å². The van der Waals surface area contributed by atoms with Gasteiger partial charge in [-0.25, -0.2) is 0 Å². The highest BCUT2D eigenvalue weighted by atomic mass is 79.9. The van der Waals surface area contributed by atoms with E-state index < -0.39 is 0 Å². The number of hydrogen-bond donors (Lipinski definition) is 1. The van der Waals surface area contributed by atoms with Crippen LogP contribution < -0.4 is 5.32 Å². The van der Waals surface area contributed by atoms with Crippen LogP contribution in [0.3, 0.4) is 0 Å². The van der Waals surface area contributed by atoms with Crippen LogP contribution in [0.2, 0.25) is 0 Å². The number of halogens is 1. The first-order chi connectivity index (χ1) is 7.84. The Morgan fingerprint density at radius 3 is 2.94 bits per heavy atom. The van der Waals surface area contributed by atoms with E-state index in [-0.39, 0.29) is 0 Å². The molecule has 2 heterocycles. The normalized spacial score (nSPS) is 18.1. The van der Waals surface area contributed by atoms with Crippen molar-refractivity contribution in [3.05, 3.63) is 28.4 Å². The molecule has 0 amide bonds. The first-order valence-corrected chi connectivity index (χ1v) is 6.39. The van der Waals surface area contributed by atoms with Gasteiger partial charge in [-0.05, 0) is 44.1 Å². The fraction of sp³-hybridized carbons (Fsp3) is 0.417. The summed E-state index contributed by atoms with van der Waals surface area (Å²) in [5.74, 6) is 0.545. The number of aromatic nitrogens is 1. The smallest absolute Gasteiger partial charge is 0.168 e. The Kier molecular flexibility index (Phi) is 2.69. The molecule has 84 valence electrons. The number of piperidine rings is 1. The number of nitrogens with zero attached hydrogens (tertiary/aromatic N) is 1. The fourth-order valence-corrected chi connectivity index (χ4v) is 2.66. The van der Waals surface area contributed by atoms with Crippen LogP contribution in [0.25, 0.3) is 11.0 Å². The maximum Gasteiger partial charge on any atom is 0.168 e. The van der Waals surface area contributed by atoms with Crippen molar-refractivity contribution in [1.82, 2.24) is 10.5 Å². The summed E-state index contributed by atoms with van der Waals surface area (Å²) in [4.78, 5) is 0. The second-order valence-electron chi connectivity index (χ2n) is 4.23. The van der Waals surface area contributed by atoms with Gasteiger partial charge in [0.15, 0.2) is 5.58 Å². The van der Waals surface area contributed by atoms with E-state index in [2.05, 4.69) is 32.5 Å². The Hall–Kier alpha value is -0.870. The maximum atomic E-state index is 5.38. The van der Waals surface area contributed by atoms with Gasteiger partial charge in [0, 0.05) is 15.8 Å². The van der Waals surface area contributed by atoms with Gasteiger partial charge in [-0.15, -0.1) is 0 Å². The van der Waals surface area contributed by atoms with E-state index in [9.17, 15) is 0 Å². The van der Waals surface area contributed by atoms with E-state index in [0.717, 1.165) is 47.1 Å². The molecule has 0 spiro atoms. The molecule has 1 fully saturated rings. The van der Waals surface area contributed by atoms with E-state index in [4.69, 9.17) is 4.52 Å². The van der Waals surface area contributed by atoms with E-state index >= 15 is 0 Å². The van der Waals surface area contributed by atoms with Crippen LogP contribution in [0.1, 0.15) is 24.5 Å². The Labute approximate surface area is 102 Å². The average Bonchev–Trinajstić information content (AvgIpc) is 2.73. The van der Waals surface area contributed by atoms with Crippen LogP contribution in [0.5, 0.6) is 0 Å². The topological polar surface area (TPSA) is 38.1 Å². The zero-order chi connectivity index (χ0) is 11.0. The maximum absolute atomic E-state index is 5.38. The summed E-state index contributed by atoms with van der Waals surface area (Å²) in [6.07, 6.45) is 2.30. The lowest BCUT2D eigenvalue weighted by Crippen LogP contribution is -2.26. The SMILES string of the molecule is Brc1ccc2c(C3CCNCC3)noc2c1. The molecular formula is C12H13BrN2O. The molecule has 0 unspecified atom stereocenters. The summed E-state index contributed by atoms with van der Waals surface area (Å²) in [7, 11) is 0. The van der Waals surface area contributed by atoms with Crippen molar-refractivity contribution >= 4 is 26.9 Å². The van der Waals surface area contributed by atoms with Crippen LogP contribution >= 0.6 is 15.9 Å². The van der Waals surface area contributed by atoms with E-state index in [0.29, 0.717) is 5.92 Å². The summed E-state index contributed by atoms with van der Waals surface area (Å²) in [5, 5.41) is 8.77.